The summed E-state index contributed by atoms with van der Waals surface area (Å²) in [7, 11) is 0. The van der Waals surface area contributed by atoms with Crippen molar-refractivity contribution in [2.24, 2.45) is 10.9 Å². The Morgan fingerprint density at radius 3 is 2.58 bits per heavy atom. The Morgan fingerprint density at radius 2 is 1.92 bits per heavy atom. The molecule has 0 radical (unpaired) electrons. The maximum absolute atomic E-state index is 4.56. The molecule has 2 heteroatoms. The average molecular weight is 166 g/mol. The first-order valence-electron chi connectivity index (χ1n) is 5.25. The zero-order valence-electron chi connectivity index (χ0n) is 7.68. The van der Waals surface area contributed by atoms with Crippen LogP contribution in [0.25, 0.3) is 0 Å². The summed E-state index contributed by atoms with van der Waals surface area (Å²) < 4.78 is 0. The smallest absolute Gasteiger partial charge is 0.0994 e. The molecule has 1 heterocycles. The van der Waals surface area contributed by atoms with Gasteiger partial charge in [0.1, 0.15) is 0 Å². The van der Waals surface area contributed by atoms with Gasteiger partial charge in [0, 0.05) is 19.0 Å². The molecule has 1 N–H and O–H groups in total. The third-order valence-corrected chi connectivity index (χ3v) is 2.92. The van der Waals surface area contributed by atoms with Gasteiger partial charge in [0.15, 0.2) is 0 Å². The van der Waals surface area contributed by atoms with Crippen LogP contribution in [0.3, 0.4) is 0 Å². The summed E-state index contributed by atoms with van der Waals surface area (Å²) in [4.78, 5) is 4.56. The van der Waals surface area contributed by atoms with Crippen LogP contribution in [0.5, 0.6) is 0 Å². The van der Waals surface area contributed by atoms with Gasteiger partial charge in [-0.2, -0.15) is 0 Å². The molecule has 0 atom stereocenters. The van der Waals surface area contributed by atoms with Crippen molar-refractivity contribution in [1.29, 1.82) is 0 Å². The number of hydrogen-bond donors (Lipinski definition) is 1. The van der Waals surface area contributed by atoms with Gasteiger partial charge in [-0.15, -0.1) is 0 Å². The molecule has 12 heavy (non-hydrogen) atoms. The molecule has 2 rings (SSSR count). The molecule has 0 bridgehead atoms. The molecule has 0 saturated heterocycles. The molecule has 1 aliphatic heterocycles. The molecule has 0 spiro atoms. The molecule has 68 valence electrons. The molecule has 2 aliphatic rings. The molecular formula is C10H18N2. The van der Waals surface area contributed by atoms with E-state index in [9.17, 15) is 0 Å². The fourth-order valence-corrected chi connectivity index (χ4v) is 2.20. The van der Waals surface area contributed by atoms with Gasteiger partial charge in [-0.25, -0.2) is 0 Å². The van der Waals surface area contributed by atoms with Crippen molar-refractivity contribution < 1.29 is 0 Å². The normalized spacial score (nSPS) is 26.2. The number of hydrogen-bond acceptors (Lipinski definition) is 2. The van der Waals surface area contributed by atoms with Crippen molar-refractivity contribution in [2.75, 3.05) is 13.1 Å². The summed E-state index contributed by atoms with van der Waals surface area (Å²) in [6.07, 6.45) is 8.20. The van der Waals surface area contributed by atoms with Crippen LogP contribution in [0.1, 0.15) is 38.5 Å². The fraction of sp³-hybridized carbons (Fsp3) is 0.900. The van der Waals surface area contributed by atoms with E-state index in [1.54, 1.807) is 0 Å². The molecule has 2 nitrogen and oxygen atoms in total. The largest absolute Gasteiger partial charge is 0.374 e. The lowest BCUT2D eigenvalue weighted by molar-refractivity contribution is 0.427. The summed E-state index contributed by atoms with van der Waals surface area (Å²) in [6, 6.07) is 0. The van der Waals surface area contributed by atoms with Crippen molar-refractivity contribution >= 4 is 5.84 Å². The molecule has 0 unspecified atom stereocenters. The Bertz CT molecular complexity index is 169. The zero-order valence-corrected chi connectivity index (χ0v) is 7.68. The minimum absolute atomic E-state index is 0.777. The average Bonchev–Trinajstić information content (AvgIpc) is 2.21. The summed E-state index contributed by atoms with van der Waals surface area (Å²) in [5.41, 5.74) is 0. The Morgan fingerprint density at radius 1 is 1.08 bits per heavy atom. The second kappa shape index (κ2) is 3.92. The van der Waals surface area contributed by atoms with Crippen molar-refractivity contribution in [2.45, 2.75) is 38.5 Å². The van der Waals surface area contributed by atoms with E-state index in [0.717, 1.165) is 19.0 Å². The molecule has 0 aromatic heterocycles. The highest BCUT2D eigenvalue weighted by molar-refractivity contribution is 5.85. The molecule has 0 aromatic carbocycles. The number of amidine groups is 1. The monoisotopic (exact) mass is 166 g/mol. The number of nitrogens with zero attached hydrogens (tertiary/aromatic N) is 1. The van der Waals surface area contributed by atoms with Crippen molar-refractivity contribution in [3.63, 3.8) is 0 Å². The number of aliphatic imine (C=N–C) groups is 1. The zero-order chi connectivity index (χ0) is 8.23. The lowest BCUT2D eigenvalue weighted by Crippen LogP contribution is -2.36. The first-order chi connectivity index (χ1) is 5.97. The first kappa shape index (κ1) is 8.09. The van der Waals surface area contributed by atoms with Gasteiger partial charge in [0.2, 0.25) is 0 Å². The first-order valence-corrected chi connectivity index (χ1v) is 5.25. The second-order valence-electron chi connectivity index (χ2n) is 3.88. The topological polar surface area (TPSA) is 24.4 Å². The van der Waals surface area contributed by atoms with Crippen LogP contribution in [0.15, 0.2) is 4.99 Å². The minimum atomic E-state index is 0.777. The molecule has 0 aromatic rings. The molecule has 1 aliphatic carbocycles. The van der Waals surface area contributed by atoms with Gasteiger partial charge in [0.05, 0.1) is 5.84 Å². The minimum Gasteiger partial charge on any atom is -0.374 e. The van der Waals surface area contributed by atoms with Crippen LogP contribution in [0, 0.1) is 5.92 Å². The fourth-order valence-electron chi connectivity index (χ4n) is 2.20. The van der Waals surface area contributed by atoms with Crippen molar-refractivity contribution in [3.05, 3.63) is 0 Å². The van der Waals surface area contributed by atoms with Gasteiger partial charge < -0.3 is 5.32 Å². The summed E-state index contributed by atoms with van der Waals surface area (Å²) in [5.74, 6) is 2.10. The van der Waals surface area contributed by atoms with Gasteiger partial charge in [0.25, 0.3) is 0 Å². The number of nitrogens with one attached hydrogen (secondary N) is 1. The van der Waals surface area contributed by atoms with Crippen LogP contribution < -0.4 is 5.32 Å². The summed E-state index contributed by atoms with van der Waals surface area (Å²) in [5, 5.41) is 3.44. The highest BCUT2D eigenvalue weighted by atomic mass is 15.0. The molecule has 1 fully saturated rings. The predicted molar refractivity (Wildman–Crippen MR) is 51.5 cm³/mol. The van der Waals surface area contributed by atoms with E-state index >= 15 is 0 Å². The van der Waals surface area contributed by atoms with Crippen molar-refractivity contribution in [1.82, 2.24) is 5.32 Å². The third-order valence-electron chi connectivity index (χ3n) is 2.92. The maximum atomic E-state index is 4.56. The van der Waals surface area contributed by atoms with Crippen LogP contribution in [0.2, 0.25) is 0 Å². The van der Waals surface area contributed by atoms with Gasteiger partial charge in [-0.1, -0.05) is 19.3 Å². The van der Waals surface area contributed by atoms with E-state index in [-0.39, 0.29) is 0 Å². The highest BCUT2D eigenvalue weighted by Gasteiger charge is 2.19. The van der Waals surface area contributed by atoms with E-state index in [1.807, 2.05) is 0 Å². The Hall–Kier alpha value is -0.530. The van der Waals surface area contributed by atoms with E-state index in [1.165, 1.54) is 44.4 Å². The number of rotatable bonds is 1. The van der Waals surface area contributed by atoms with E-state index in [4.69, 9.17) is 0 Å². The quantitative estimate of drug-likeness (QED) is 0.632. The SMILES string of the molecule is C1CCC(C2=NCCCN2)CC1. The Balaban J connectivity index is 1.92. The highest BCUT2D eigenvalue weighted by Crippen LogP contribution is 2.24. The maximum Gasteiger partial charge on any atom is 0.0994 e. The standard InChI is InChI=1S/C10H18N2/c1-2-5-9(6-3-1)10-11-7-4-8-12-10/h9H,1-8H2,(H,11,12). The van der Waals surface area contributed by atoms with Crippen LogP contribution in [0.4, 0.5) is 0 Å². The van der Waals surface area contributed by atoms with E-state index in [0.29, 0.717) is 0 Å². The Kier molecular flexibility index (Phi) is 2.64. The third kappa shape index (κ3) is 1.79. The van der Waals surface area contributed by atoms with E-state index < -0.39 is 0 Å². The van der Waals surface area contributed by atoms with Crippen LogP contribution >= 0.6 is 0 Å². The predicted octanol–water partition coefficient (Wildman–Crippen LogP) is 1.96. The summed E-state index contributed by atoms with van der Waals surface area (Å²) >= 11 is 0. The van der Waals surface area contributed by atoms with Gasteiger partial charge in [-0.3, -0.25) is 4.99 Å². The second-order valence-corrected chi connectivity index (χ2v) is 3.88. The van der Waals surface area contributed by atoms with Gasteiger partial charge in [-0.05, 0) is 19.3 Å². The Labute approximate surface area is 74.5 Å². The molecule has 1 saturated carbocycles. The lowest BCUT2D eigenvalue weighted by Gasteiger charge is -2.26. The van der Waals surface area contributed by atoms with E-state index in [2.05, 4.69) is 10.3 Å². The van der Waals surface area contributed by atoms with Gasteiger partial charge >= 0.3 is 0 Å². The molecular weight excluding hydrogens is 148 g/mol. The summed E-state index contributed by atoms with van der Waals surface area (Å²) in [6.45, 7) is 2.20. The molecule has 0 amide bonds. The lowest BCUT2D eigenvalue weighted by atomic mass is 9.88. The van der Waals surface area contributed by atoms with Crippen LogP contribution in [-0.4, -0.2) is 18.9 Å². The van der Waals surface area contributed by atoms with Crippen molar-refractivity contribution in [3.8, 4) is 0 Å². The van der Waals surface area contributed by atoms with Crippen LogP contribution in [-0.2, 0) is 0 Å².